The molecule has 0 N–H and O–H groups in total. The highest BCUT2D eigenvalue weighted by molar-refractivity contribution is 5.34. The highest BCUT2D eigenvalue weighted by Crippen LogP contribution is 2.51. The summed E-state index contributed by atoms with van der Waals surface area (Å²) in [6.07, 6.45) is 2.58. The molecular weight excluding hydrogens is 120 g/mol. The van der Waals surface area contributed by atoms with Gasteiger partial charge in [-0.2, -0.15) is 0 Å². The molecule has 10 heavy (non-hydrogen) atoms. The standard InChI is InChI=1S/C10H14/c1-7-8-4-5-9(6-8)10(7,2)3/h7H,4-5H2,1-3H3. The Morgan fingerprint density at radius 1 is 1.40 bits per heavy atom. The van der Waals surface area contributed by atoms with E-state index in [-0.39, 0.29) is 0 Å². The van der Waals surface area contributed by atoms with Gasteiger partial charge in [0.05, 0.1) is 0 Å². The quantitative estimate of drug-likeness (QED) is 0.447. The van der Waals surface area contributed by atoms with Crippen LogP contribution < -0.4 is 0 Å². The normalized spacial score (nSPS) is 34.1. The lowest BCUT2D eigenvalue weighted by Crippen LogP contribution is -2.24. The van der Waals surface area contributed by atoms with Gasteiger partial charge in [0.2, 0.25) is 0 Å². The van der Waals surface area contributed by atoms with Crippen LogP contribution in [0.5, 0.6) is 0 Å². The van der Waals surface area contributed by atoms with Crippen molar-refractivity contribution in [2.24, 2.45) is 11.3 Å². The van der Waals surface area contributed by atoms with Gasteiger partial charge in [0.1, 0.15) is 0 Å². The van der Waals surface area contributed by atoms with Gasteiger partial charge in [-0.1, -0.05) is 20.8 Å². The van der Waals surface area contributed by atoms with E-state index in [9.17, 15) is 0 Å². The fourth-order valence-corrected chi connectivity index (χ4v) is 2.08. The Bertz CT molecular complexity index is 237. The third-order valence-corrected chi connectivity index (χ3v) is 3.34. The fourth-order valence-electron chi connectivity index (χ4n) is 2.08. The predicted molar refractivity (Wildman–Crippen MR) is 42.7 cm³/mol. The second-order valence-electron chi connectivity index (χ2n) is 4.07. The lowest BCUT2D eigenvalue weighted by Gasteiger charge is -2.33. The molecule has 2 aliphatic carbocycles. The average molecular weight is 134 g/mol. The molecule has 2 bridgehead atoms. The first-order valence-electron chi connectivity index (χ1n) is 4.11. The SMILES string of the molecule is CC1C2=C=C(CC2)C1(C)C. The first-order chi connectivity index (χ1) is 4.62. The number of allylic oxidation sites excluding steroid dienone is 1. The van der Waals surface area contributed by atoms with Gasteiger partial charge in [-0.15, -0.1) is 5.73 Å². The van der Waals surface area contributed by atoms with E-state index >= 15 is 0 Å². The second kappa shape index (κ2) is 1.57. The van der Waals surface area contributed by atoms with Crippen LogP contribution in [-0.2, 0) is 0 Å². The van der Waals surface area contributed by atoms with E-state index in [1.54, 1.807) is 11.1 Å². The molecule has 0 fully saturated rings. The summed E-state index contributed by atoms with van der Waals surface area (Å²) in [6.45, 7) is 7.01. The lowest BCUT2D eigenvalue weighted by molar-refractivity contribution is 0.306. The number of rotatable bonds is 0. The summed E-state index contributed by atoms with van der Waals surface area (Å²) < 4.78 is 0. The van der Waals surface area contributed by atoms with Gasteiger partial charge < -0.3 is 0 Å². The molecule has 0 saturated heterocycles. The van der Waals surface area contributed by atoms with E-state index in [0.29, 0.717) is 5.41 Å². The van der Waals surface area contributed by atoms with E-state index in [2.05, 4.69) is 26.5 Å². The molecule has 1 atom stereocenters. The summed E-state index contributed by atoms with van der Waals surface area (Å²) in [7, 11) is 0. The third kappa shape index (κ3) is 0.532. The van der Waals surface area contributed by atoms with Crippen LogP contribution in [-0.4, -0.2) is 0 Å². The van der Waals surface area contributed by atoms with Crippen LogP contribution in [0.15, 0.2) is 16.9 Å². The minimum atomic E-state index is 0.438. The van der Waals surface area contributed by atoms with Crippen LogP contribution in [0.2, 0.25) is 0 Å². The van der Waals surface area contributed by atoms with Gasteiger partial charge in [0.25, 0.3) is 0 Å². The summed E-state index contributed by atoms with van der Waals surface area (Å²) >= 11 is 0. The molecule has 0 heteroatoms. The molecule has 0 aromatic carbocycles. The highest BCUT2D eigenvalue weighted by Gasteiger charge is 2.40. The Hall–Kier alpha value is -0.480. The Morgan fingerprint density at radius 3 is 2.40 bits per heavy atom. The topological polar surface area (TPSA) is 0 Å². The van der Waals surface area contributed by atoms with Crippen molar-refractivity contribution < 1.29 is 0 Å². The Kier molecular flexibility index (Phi) is 0.980. The van der Waals surface area contributed by atoms with Crippen molar-refractivity contribution in [3.8, 4) is 0 Å². The molecule has 2 aliphatic rings. The maximum absolute atomic E-state index is 3.50. The third-order valence-electron chi connectivity index (χ3n) is 3.34. The number of hydrogen-bond acceptors (Lipinski definition) is 0. The molecule has 2 rings (SSSR count). The van der Waals surface area contributed by atoms with Crippen molar-refractivity contribution >= 4 is 0 Å². The van der Waals surface area contributed by atoms with E-state index < -0.39 is 0 Å². The Morgan fingerprint density at radius 2 is 2.10 bits per heavy atom. The van der Waals surface area contributed by atoms with Crippen LogP contribution in [0.3, 0.4) is 0 Å². The van der Waals surface area contributed by atoms with Crippen molar-refractivity contribution in [2.45, 2.75) is 33.6 Å². The van der Waals surface area contributed by atoms with Gasteiger partial charge in [-0.25, -0.2) is 0 Å². The smallest absolute Gasteiger partial charge is 0.0000118 e. The van der Waals surface area contributed by atoms with Gasteiger partial charge in [0, 0.05) is 5.41 Å². The van der Waals surface area contributed by atoms with Gasteiger partial charge in [-0.05, 0) is 29.9 Å². The summed E-state index contributed by atoms with van der Waals surface area (Å²) in [5, 5.41) is 0. The average Bonchev–Trinajstić information content (AvgIpc) is 2.37. The van der Waals surface area contributed by atoms with Crippen LogP contribution in [0.4, 0.5) is 0 Å². The van der Waals surface area contributed by atoms with Crippen molar-refractivity contribution in [2.75, 3.05) is 0 Å². The van der Waals surface area contributed by atoms with Crippen LogP contribution in [0, 0.1) is 11.3 Å². The van der Waals surface area contributed by atoms with E-state index in [0.717, 1.165) is 5.92 Å². The Balaban J connectivity index is 2.42. The summed E-state index contributed by atoms with van der Waals surface area (Å²) in [4.78, 5) is 0. The van der Waals surface area contributed by atoms with Crippen molar-refractivity contribution in [3.63, 3.8) is 0 Å². The molecule has 0 aromatic heterocycles. The molecule has 0 saturated carbocycles. The summed E-state index contributed by atoms with van der Waals surface area (Å²) in [6, 6.07) is 0. The van der Waals surface area contributed by atoms with Gasteiger partial charge in [-0.3, -0.25) is 0 Å². The zero-order chi connectivity index (χ0) is 7.35. The molecule has 1 unspecified atom stereocenters. The van der Waals surface area contributed by atoms with Gasteiger partial charge in [0.15, 0.2) is 0 Å². The second-order valence-corrected chi connectivity index (χ2v) is 4.07. The summed E-state index contributed by atoms with van der Waals surface area (Å²) in [5.74, 6) is 0.760. The summed E-state index contributed by atoms with van der Waals surface area (Å²) in [5.41, 5.74) is 7.07. The molecule has 0 spiro atoms. The molecule has 0 nitrogen and oxygen atoms in total. The molecular formula is C10H14. The zero-order valence-electron chi connectivity index (χ0n) is 6.99. The predicted octanol–water partition coefficient (Wildman–Crippen LogP) is 2.91. The maximum atomic E-state index is 3.50. The minimum absolute atomic E-state index is 0.438. The maximum Gasteiger partial charge on any atom is 0.0000118 e. The van der Waals surface area contributed by atoms with E-state index in [1.165, 1.54) is 12.8 Å². The molecule has 0 aromatic rings. The van der Waals surface area contributed by atoms with E-state index in [1.807, 2.05) is 0 Å². The van der Waals surface area contributed by atoms with Crippen LogP contribution in [0.1, 0.15) is 33.6 Å². The van der Waals surface area contributed by atoms with Crippen LogP contribution in [0.25, 0.3) is 0 Å². The van der Waals surface area contributed by atoms with Crippen molar-refractivity contribution in [1.29, 1.82) is 0 Å². The first kappa shape index (κ1) is 6.24. The van der Waals surface area contributed by atoms with Gasteiger partial charge >= 0.3 is 0 Å². The minimum Gasteiger partial charge on any atom is -0.122 e. The molecule has 54 valence electrons. The fraction of sp³-hybridized carbons (Fsp3) is 0.700. The van der Waals surface area contributed by atoms with Crippen molar-refractivity contribution in [3.05, 3.63) is 16.9 Å². The molecule has 0 heterocycles. The zero-order valence-corrected chi connectivity index (χ0v) is 6.99. The monoisotopic (exact) mass is 134 g/mol. The largest absolute Gasteiger partial charge is 0.122 e. The molecule has 0 radical (unpaired) electrons. The number of hydrogen-bond donors (Lipinski definition) is 0. The van der Waals surface area contributed by atoms with Crippen LogP contribution >= 0.6 is 0 Å². The highest BCUT2D eigenvalue weighted by atomic mass is 14.4. The first-order valence-corrected chi connectivity index (χ1v) is 4.11. The Labute approximate surface area is 62.6 Å². The van der Waals surface area contributed by atoms with Crippen molar-refractivity contribution in [1.82, 2.24) is 0 Å². The molecule has 0 amide bonds. The molecule has 0 aliphatic heterocycles. The lowest BCUT2D eigenvalue weighted by atomic mass is 9.70. The van der Waals surface area contributed by atoms with E-state index in [4.69, 9.17) is 0 Å².